The Balaban J connectivity index is 0.000000963. The Kier molecular flexibility index (Phi) is 3.07. The van der Waals surface area contributed by atoms with Gasteiger partial charge in [0.15, 0.2) is 0 Å². The Bertz CT molecular complexity index is 465. The van der Waals surface area contributed by atoms with E-state index in [-0.39, 0.29) is 18.9 Å². The number of rotatable bonds is 0. The van der Waals surface area contributed by atoms with Crippen molar-refractivity contribution in [3.8, 4) is 11.5 Å². The van der Waals surface area contributed by atoms with E-state index in [1.54, 1.807) is 0 Å². The van der Waals surface area contributed by atoms with Crippen LogP contribution in [0.1, 0.15) is 17.2 Å². The van der Waals surface area contributed by atoms with Gasteiger partial charge in [-0.25, -0.2) is 0 Å². The maximum atomic E-state index is 12.1. The molecule has 1 aliphatic heterocycles. The molecule has 2 aromatic carbocycles. The minimum absolute atomic E-state index is 0. The van der Waals surface area contributed by atoms with Crippen LogP contribution < -0.4 is 28.7 Å². The molecule has 0 saturated heterocycles. The van der Waals surface area contributed by atoms with Gasteiger partial charge in [-0.2, -0.15) is 0 Å². The van der Waals surface area contributed by atoms with Gasteiger partial charge in [-0.15, -0.1) is 0 Å². The number of para-hydroxylation sites is 2. The third kappa shape index (κ3) is 1.66. The van der Waals surface area contributed by atoms with Crippen LogP contribution in [0.2, 0.25) is 0 Å². The van der Waals surface area contributed by atoms with Gasteiger partial charge in [0.05, 0.1) is 0 Å². The van der Waals surface area contributed by atoms with Crippen molar-refractivity contribution in [3.63, 3.8) is 0 Å². The zero-order valence-corrected chi connectivity index (χ0v) is 9.01. The number of hydrogen-bond donors (Lipinski definition) is 0. The molecule has 0 amide bonds. The number of benzene rings is 2. The summed E-state index contributed by atoms with van der Waals surface area (Å²) in [6, 6.07) is 14.8. The molecule has 0 unspecified atom stereocenters. The quantitative estimate of drug-likeness (QED) is 0.529. The Morgan fingerprint density at radius 1 is 0.812 bits per heavy atom. The van der Waals surface area contributed by atoms with Gasteiger partial charge in [0.25, 0.3) is 0 Å². The largest absolute Gasteiger partial charge is 1.00 e. The van der Waals surface area contributed by atoms with E-state index in [9.17, 15) is 5.11 Å². The predicted octanol–water partition coefficient (Wildman–Crippen LogP) is -0.754. The standard InChI is InChI=1S/C13H9O2.Li/c14-13-9-5-1-3-7-11(9)15-12-8-4-2-6-10(12)13;/h1-8,13H;/q-1;+1. The van der Waals surface area contributed by atoms with Crippen LogP contribution in [0.3, 0.4) is 0 Å². The number of fused-ring (bicyclic) bond motifs is 2. The van der Waals surface area contributed by atoms with Gasteiger partial charge in [-0.1, -0.05) is 42.5 Å². The summed E-state index contributed by atoms with van der Waals surface area (Å²) in [5.74, 6) is 1.35. The molecule has 74 valence electrons. The third-order valence-electron chi connectivity index (χ3n) is 2.62. The third-order valence-corrected chi connectivity index (χ3v) is 2.62. The second-order valence-corrected chi connectivity index (χ2v) is 3.56. The molecule has 0 bridgehead atoms. The summed E-state index contributed by atoms with van der Waals surface area (Å²) in [4.78, 5) is 0. The molecular weight excluding hydrogens is 195 g/mol. The summed E-state index contributed by atoms with van der Waals surface area (Å²) < 4.78 is 5.65. The maximum absolute atomic E-state index is 12.1. The van der Waals surface area contributed by atoms with Crippen LogP contribution >= 0.6 is 0 Å². The molecule has 0 fully saturated rings. The first kappa shape index (κ1) is 11.3. The Morgan fingerprint density at radius 3 is 1.75 bits per heavy atom. The van der Waals surface area contributed by atoms with E-state index in [4.69, 9.17) is 4.74 Å². The van der Waals surface area contributed by atoms with E-state index in [1.807, 2.05) is 48.5 Å². The molecule has 1 aliphatic rings. The van der Waals surface area contributed by atoms with Crippen molar-refractivity contribution in [2.45, 2.75) is 6.10 Å². The average Bonchev–Trinajstić information content (AvgIpc) is 2.30. The van der Waals surface area contributed by atoms with E-state index < -0.39 is 6.10 Å². The Morgan fingerprint density at radius 2 is 1.25 bits per heavy atom. The molecule has 16 heavy (non-hydrogen) atoms. The molecular formula is C13H9LiO2. The topological polar surface area (TPSA) is 32.3 Å². The van der Waals surface area contributed by atoms with Crippen LogP contribution in [0.4, 0.5) is 0 Å². The van der Waals surface area contributed by atoms with Crippen molar-refractivity contribution < 1.29 is 28.7 Å². The zero-order chi connectivity index (χ0) is 10.3. The van der Waals surface area contributed by atoms with E-state index >= 15 is 0 Å². The van der Waals surface area contributed by atoms with Crippen LogP contribution in [0.25, 0.3) is 0 Å². The van der Waals surface area contributed by atoms with Crippen LogP contribution in [-0.2, 0) is 0 Å². The fraction of sp³-hybridized carbons (Fsp3) is 0.0769. The second-order valence-electron chi connectivity index (χ2n) is 3.56. The Hall–Kier alpha value is -1.20. The van der Waals surface area contributed by atoms with Gasteiger partial charge < -0.3 is 9.84 Å². The summed E-state index contributed by atoms with van der Waals surface area (Å²) in [5, 5.41) is 12.1. The van der Waals surface area contributed by atoms with E-state index in [2.05, 4.69) is 0 Å². The average molecular weight is 204 g/mol. The van der Waals surface area contributed by atoms with E-state index in [0.717, 1.165) is 11.1 Å². The van der Waals surface area contributed by atoms with Gasteiger partial charge in [0, 0.05) is 0 Å². The SMILES string of the molecule is [Li+].[O-]C1c2ccccc2Oc2ccccc21. The van der Waals surface area contributed by atoms with Crippen LogP contribution in [0.15, 0.2) is 48.5 Å². The maximum Gasteiger partial charge on any atom is 1.00 e. The first-order valence-corrected chi connectivity index (χ1v) is 4.88. The molecule has 0 atom stereocenters. The molecule has 0 aromatic heterocycles. The molecule has 0 N–H and O–H groups in total. The molecule has 2 aromatic rings. The number of hydrogen-bond acceptors (Lipinski definition) is 2. The summed E-state index contributed by atoms with van der Waals surface area (Å²) in [6.07, 6.45) is -0.828. The normalized spacial score (nSPS) is 13.1. The fourth-order valence-electron chi connectivity index (χ4n) is 1.87. The number of ether oxygens (including phenoxy) is 1. The van der Waals surface area contributed by atoms with Gasteiger partial charge in [0.2, 0.25) is 0 Å². The summed E-state index contributed by atoms with van der Waals surface area (Å²) in [5.41, 5.74) is 1.44. The van der Waals surface area contributed by atoms with Crippen molar-refractivity contribution in [1.29, 1.82) is 0 Å². The molecule has 0 spiro atoms. The Labute approximate surface area is 106 Å². The minimum Gasteiger partial charge on any atom is -0.845 e. The van der Waals surface area contributed by atoms with Gasteiger partial charge in [-0.05, 0) is 23.3 Å². The van der Waals surface area contributed by atoms with Gasteiger partial charge >= 0.3 is 18.9 Å². The van der Waals surface area contributed by atoms with Crippen molar-refractivity contribution in [3.05, 3.63) is 59.7 Å². The van der Waals surface area contributed by atoms with E-state index in [0.29, 0.717) is 11.5 Å². The molecule has 2 nitrogen and oxygen atoms in total. The monoisotopic (exact) mass is 204 g/mol. The van der Waals surface area contributed by atoms with Gasteiger partial charge in [0.1, 0.15) is 11.5 Å². The first-order chi connectivity index (χ1) is 7.36. The van der Waals surface area contributed by atoms with Crippen molar-refractivity contribution in [1.82, 2.24) is 0 Å². The minimum atomic E-state index is -0.828. The molecule has 0 radical (unpaired) electrons. The summed E-state index contributed by atoms with van der Waals surface area (Å²) in [6.45, 7) is 0. The summed E-state index contributed by atoms with van der Waals surface area (Å²) >= 11 is 0. The summed E-state index contributed by atoms with van der Waals surface area (Å²) in [7, 11) is 0. The zero-order valence-electron chi connectivity index (χ0n) is 9.01. The molecule has 3 heteroatoms. The van der Waals surface area contributed by atoms with E-state index in [1.165, 1.54) is 0 Å². The van der Waals surface area contributed by atoms with Crippen LogP contribution in [0.5, 0.6) is 11.5 Å². The molecule has 3 rings (SSSR count). The van der Waals surface area contributed by atoms with Crippen molar-refractivity contribution in [2.75, 3.05) is 0 Å². The van der Waals surface area contributed by atoms with Crippen LogP contribution in [-0.4, -0.2) is 0 Å². The molecule has 1 heterocycles. The molecule has 0 aliphatic carbocycles. The predicted molar refractivity (Wildman–Crippen MR) is 54.8 cm³/mol. The van der Waals surface area contributed by atoms with Crippen molar-refractivity contribution in [2.24, 2.45) is 0 Å². The van der Waals surface area contributed by atoms with Crippen LogP contribution in [0, 0.1) is 0 Å². The first-order valence-electron chi connectivity index (χ1n) is 4.88. The van der Waals surface area contributed by atoms with Gasteiger partial charge in [-0.3, -0.25) is 0 Å². The molecule has 0 saturated carbocycles. The van der Waals surface area contributed by atoms with Crippen molar-refractivity contribution >= 4 is 0 Å². The fourth-order valence-corrected chi connectivity index (χ4v) is 1.87. The smallest absolute Gasteiger partial charge is 0.845 e. The second kappa shape index (κ2) is 4.35.